The van der Waals surface area contributed by atoms with Crippen molar-refractivity contribution in [1.29, 1.82) is 0 Å². The van der Waals surface area contributed by atoms with Crippen molar-refractivity contribution in [3.63, 3.8) is 0 Å². The molecule has 244 valence electrons. The van der Waals surface area contributed by atoms with Crippen molar-refractivity contribution in [3.05, 3.63) is 42.7 Å². The van der Waals surface area contributed by atoms with Gasteiger partial charge in [-0.1, -0.05) is 0 Å². The Kier molecular flexibility index (Phi) is 8.98. The lowest BCUT2D eigenvalue weighted by atomic mass is 9.65. The average Bonchev–Trinajstić information content (AvgIpc) is 3.07. The molecule has 16 nitrogen and oxygen atoms in total. The Labute approximate surface area is 261 Å². The van der Waals surface area contributed by atoms with E-state index in [9.17, 15) is 19.8 Å². The summed E-state index contributed by atoms with van der Waals surface area (Å²) in [6, 6.07) is 3.36. The van der Waals surface area contributed by atoms with Gasteiger partial charge in [-0.15, -0.1) is 0 Å². The maximum atomic E-state index is 14.3. The summed E-state index contributed by atoms with van der Waals surface area (Å²) in [4.78, 5) is 56.1. The number of likely N-dealkylation sites (N-methyl/N-ethyl adjacent to an activating group) is 1. The summed E-state index contributed by atoms with van der Waals surface area (Å²) >= 11 is 0. The maximum Gasteiger partial charge on any atom is 0.361 e. The van der Waals surface area contributed by atoms with Gasteiger partial charge in [0.15, 0.2) is 0 Å². The predicted octanol–water partition coefficient (Wildman–Crippen LogP) is -0.792. The zero-order chi connectivity index (χ0) is 31.7. The minimum absolute atomic E-state index is 0.0774. The number of hydrogen-bond acceptors (Lipinski definition) is 14. The summed E-state index contributed by atoms with van der Waals surface area (Å²) in [5, 5.41) is 22.6. The first-order chi connectivity index (χ1) is 21.8. The van der Waals surface area contributed by atoms with E-state index in [0.29, 0.717) is 71.6 Å². The Hall–Kier alpha value is -3.38. The molecule has 0 saturated carbocycles. The third kappa shape index (κ3) is 4.95. The highest BCUT2D eigenvalue weighted by molar-refractivity contribution is 5.84. The number of carbonyl (C=O) groups is 2. The van der Waals surface area contributed by atoms with E-state index in [1.54, 1.807) is 48.9 Å². The summed E-state index contributed by atoms with van der Waals surface area (Å²) in [5.41, 5.74) is -2.90. The van der Waals surface area contributed by atoms with Crippen LogP contribution in [0.4, 0.5) is 5.95 Å². The van der Waals surface area contributed by atoms with Crippen LogP contribution in [0.5, 0.6) is 0 Å². The molecule has 16 heteroatoms. The highest BCUT2D eigenvalue weighted by Crippen LogP contribution is 2.57. The molecule has 4 unspecified atom stereocenters. The molecular formula is C29H41N9O7. The third-order valence-electron chi connectivity index (χ3n) is 9.73. The zero-order valence-electron chi connectivity index (χ0n) is 25.7. The molecule has 4 fully saturated rings. The summed E-state index contributed by atoms with van der Waals surface area (Å²) in [6.07, 6.45) is 5.16. The molecule has 2 N–H and O–H groups in total. The molecule has 0 bridgehead atoms. The van der Waals surface area contributed by atoms with Gasteiger partial charge in [-0.05, 0) is 26.1 Å². The monoisotopic (exact) mass is 627 g/mol. The molecule has 0 radical (unpaired) electrons. The second-order valence-electron chi connectivity index (χ2n) is 11.8. The number of rotatable bonds is 8. The predicted molar refractivity (Wildman–Crippen MR) is 158 cm³/mol. The van der Waals surface area contributed by atoms with Crippen molar-refractivity contribution < 1.29 is 34.0 Å². The number of ether oxygens (including phenoxy) is 3. The second-order valence-corrected chi connectivity index (χ2v) is 11.8. The number of carboxylic acids is 2. The Morgan fingerprint density at radius 1 is 0.800 bits per heavy atom. The highest BCUT2D eigenvalue weighted by Gasteiger charge is 2.77. The molecule has 4 atom stereocenters. The molecule has 0 aliphatic carbocycles. The molecule has 4 aliphatic rings. The van der Waals surface area contributed by atoms with Crippen LogP contribution in [-0.2, 0) is 29.2 Å². The quantitative estimate of drug-likeness (QED) is 0.373. The van der Waals surface area contributed by atoms with E-state index in [4.69, 9.17) is 24.2 Å². The normalized spacial score (nSPS) is 32.8. The van der Waals surface area contributed by atoms with E-state index in [-0.39, 0.29) is 19.0 Å². The van der Waals surface area contributed by atoms with Crippen LogP contribution in [0, 0.1) is 0 Å². The van der Waals surface area contributed by atoms with E-state index < -0.39 is 41.4 Å². The molecule has 4 aliphatic heterocycles. The lowest BCUT2D eigenvalue weighted by molar-refractivity contribution is -0.244. The Bertz CT molecular complexity index is 1330. The lowest BCUT2D eigenvalue weighted by Crippen LogP contribution is -2.94. The topological polar surface area (TPSA) is 170 Å². The fourth-order valence-electron chi connectivity index (χ4n) is 8.03. The molecule has 0 spiro atoms. The summed E-state index contributed by atoms with van der Waals surface area (Å²) < 4.78 is 17.2. The van der Waals surface area contributed by atoms with Gasteiger partial charge in [-0.25, -0.2) is 29.6 Å². The van der Waals surface area contributed by atoms with Gasteiger partial charge in [0.1, 0.15) is 11.5 Å². The first kappa shape index (κ1) is 31.6. The van der Waals surface area contributed by atoms with Crippen LogP contribution in [0.25, 0.3) is 0 Å². The van der Waals surface area contributed by atoms with Gasteiger partial charge in [-0.2, -0.15) is 0 Å². The van der Waals surface area contributed by atoms with E-state index in [2.05, 4.69) is 14.9 Å². The number of aliphatic carboxylic acids is 2. The van der Waals surface area contributed by atoms with Gasteiger partial charge in [0.2, 0.25) is 5.95 Å². The SMILES string of the molecule is CN1C(N2CCOCC2)C(C)(c2ncccn2)C(CC(=O)O)(N2CCOCC2)N(c2ncccn2)C1(C(=O)O)N1CCOCC1. The summed E-state index contributed by atoms with van der Waals surface area (Å²) in [5.74, 6) is -3.81. The van der Waals surface area contributed by atoms with Crippen LogP contribution in [-0.4, -0.2) is 165 Å². The highest BCUT2D eigenvalue weighted by atomic mass is 16.5. The van der Waals surface area contributed by atoms with Crippen LogP contribution in [0.3, 0.4) is 0 Å². The van der Waals surface area contributed by atoms with E-state index >= 15 is 0 Å². The van der Waals surface area contributed by atoms with Gasteiger partial charge < -0.3 is 24.4 Å². The fraction of sp³-hybridized carbons (Fsp3) is 0.655. The number of aromatic nitrogens is 4. The van der Waals surface area contributed by atoms with Gasteiger partial charge in [-0.3, -0.25) is 24.4 Å². The first-order valence-corrected chi connectivity index (χ1v) is 15.3. The van der Waals surface area contributed by atoms with Crippen molar-refractivity contribution >= 4 is 17.9 Å². The smallest absolute Gasteiger partial charge is 0.361 e. The standard InChI is InChI=1S/C29H41N9O7/c1-27(23-30-5-3-6-31-23)24(35-9-15-43-16-10-35)34(2)29(25(41)42,37-13-19-45-20-14-37)38(26-32-7-4-8-33-26)28(27,21-22(39)40)36-11-17-44-18-12-36/h3-8,24H,9-21H2,1-2H3,(H,39,40)(H,41,42). The average molecular weight is 628 g/mol. The van der Waals surface area contributed by atoms with E-state index in [0.717, 1.165) is 0 Å². The molecule has 0 aromatic carbocycles. The molecule has 6 heterocycles. The van der Waals surface area contributed by atoms with Crippen LogP contribution >= 0.6 is 0 Å². The Morgan fingerprint density at radius 2 is 1.29 bits per heavy atom. The number of carboxylic acid groups (broad SMARTS) is 2. The van der Waals surface area contributed by atoms with E-state index in [1.807, 2.05) is 21.6 Å². The van der Waals surface area contributed by atoms with Crippen LogP contribution in [0.1, 0.15) is 19.2 Å². The van der Waals surface area contributed by atoms with Crippen LogP contribution < -0.4 is 4.90 Å². The second kappa shape index (κ2) is 12.8. The minimum Gasteiger partial charge on any atom is -0.481 e. The third-order valence-corrected chi connectivity index (χ3v) is 9.73. The Balaban J connectivity index is 1.78. The number of hydrogen-bond donors (Lipinski definition) is 2. The van der Waals surface area contributed by atoms with Crippen LogP contribution in [0.2, 0.25) is 0 Å². The molecule has 6 rings (SSSR count). The zero-order valence-corrected chi connectivity index (χ0v) is 25.7. The van der Waals surface area contributed by atoms with E-state index in [1.165, 1.54) is 0 Å². The molecule has 4 saturated heterocycles. The molecular weight excluding hydrogens is 586 g/mol. The molecule has 45 heavy (non-hydrogen) atoms. The van der Waals surface area contributed by atoms with Crippen molar-refractivity contribution in [2.75, 3.05) is 90.9 Å². The number of morpholine rings is 3. The van der Waals surface area contributed by atoms with Crippen LogP contribution in [0.15, 0.2) is 36.9 Å². The van der Waals surface area contributed by atoms with Gasteiger partial charge in [0.05, 0.1) is 57.6 Å². The molecule has 0 amide bonds. The first-order valence-electron chi connectivity index (χ1n) is 15.3. The van der Waals surface area contributed by atoms with Crippen molar-refractivity contribution in [2.24, 2.45) is 0 Å². The largest absolute Gasteiger partial charge is 0.481 e. The number of anilines is 1. The lowest BCUT2D eigenvalue weighted by Gasteiger charge is -2.73. The summed E-state index contributed by atoms with van der Waals surface area (Å²) in [6.45, 7) is 6.28. The summed E-state index contributed by atoms with van der Waals surface area (Å²) in [7, 11) is 1.78. The van der Waals surface area contributed by atoms with Crippen molar-refractivity contribution in [3.8, 4) is 0 Å². The minimum atomic E-state index is -1.96. The van der Waals surface area contributed by atoms with Gasteiger partial charge in [0.25, 0.3) is 5.79 Å². The fourth-order valence-corrected chi connectivity index (χ4v) is 8.03. The molecule has 2 aromatic heterocycles. The van der Waals surface area contributed by atoms with Crippen molar-refractivity contribution in [2.45, 2.75) is 36.4 Å². The van der Waals surface area contributed by atoms with Gasteiger partial charge in [0, 0.05) is 64.1 Å². The Morgan fingerprint density at radius 3 is 1.80 bits per heavy atom. The maximum absolute atomic E-state index is 14.3. The van der Waals surface area contributed by atoms with Gasteiger partial charge >= 0.3 is 11.9 Å². The number of nitrogens with zero attached hydrogens (tertiary/aromatic N) is 9. The molecule has 2 aromatic rings. The van der Waals surface area contributed by atoms with Crippen molar-refractivity contribution in [1.82, 2.24) is 39.5 Å².